The molecule has 1 aliphatic heterocycles. The van der Waals surface area contributed by atoms with Crippen LogP contribution in [0.5, 0.6) is 0 Å². The first-order valence-electron chi connectivity index (χ1n) is 15.7. The van der Waals surface area contributed by atoms with Gasteiger partial charge >= 0.3 is 0 Å². The summed E-state index contributed by atoms with van der Waals surface area (Å²) in [5.74, 6) is -4.01. The molecule has 0 spiro atoms. The predicted octanol–water partition coefficient (Wildman–Crippen LogP) is 1.40. The second kappa shape index (κ2) is 13.8. The minimum atomic E-state index is -1.33. The minimum Gasteiger partial charge on any atom is -0.384 e. The van der Waals surface area contributed by atoms with Crippen molar-refractivity contribution in [2.24, 2.45) is 16.6 Å². The van der Waals surface area contributed by atoms with Crippen molar-refractivity contribution in [1.29, 1.82) is 0 Å². The number of primary amides is 1. The van der Waals surface area contributed by atoms with Crippen molar-refractivity contribution in [3.63, 3.8) is 0 Å². The molecule has 5 rings (SSSR count). The summed E-state index contributed by atoms with van der Waals surface area (Å²) in [4.78, 5) is 79.3. The molecular formula is C32H39N9O6. The number of carbonyl (C=O) groups is 5. The molecule has 1 saturated heterocycles. The maximum Gasteiger partial charge on any atom is 0.287 e. The smallest absolute Gasteiger partial charge is 0.287 e. The van der Waals surface area contributed by atoms with Crippen LogP contribution >= 0.6 is 0 Å². The Morgan fingerprint density at radius 3 is 2.57 bits per heavy atom. The fourth-order valence-corrected chi connectivity index (χ4v) is 6.29. The van der Waals surface area contributed by atoms with Gasteiger partial charge in [0.1, 0.15) is 17.4 Å². The van der Waals surface area contributed by atoms with Crippen LogP contribution in [-0.2, 0) is 24.8 Å². The third-order valence-corrected chi connectivity index (χ3v) is 8.81. The summed E-state index contributed by atoms with van der Waals surface area (Å²) in [7, 11) is 0. The highest BCUT2D eigenvalue weighted by Crippen LogP contribution is 2.33. The Balaban J connectivity index is 1.50. The van der Waals surface area contributed by atoms with Crippen LogP contribution in [-0.4, -0.2) is 88.7 Å². The van der Waals surface area contributed by atoms with Gasteiger partial charge in [0.05, 0.1) is 41.3 Å². The Kier molecular flexibility index (Phi) is 9.84. The van der Waals surface area contributed by atoms with Crippen LogP contribution in [0, 0.1) is 5.92 Å². The molecule has 47 heavy (non-hydrogen) atoms. The number of aliphatic imine (C=N–C) groups is 1. The molecule has 2 fully saturated rings. The van der Waals surface area contributed by atoms with Crippen molar-refractivity contribution in [2.45, 2.75) is 89.4 Å². The van der Waals surface area contributed by atoms with E-state index in [1.165, 1.54) is 28.9 Å². The molecule has 3 atom stereocenters. The van der Waals surface area contributed by atoms with Crippen LogP contribution in [0.15, 0.2) is 41.9 Å². The average molecular weight is 646 g/mol. The van der Waals surface area contributed by atoms with Crippen LogP contribution in [0.1, 0.15) is 87.8 Å². The van der Waals surface area contributed by atoms with Gasteiger partial charge in [-0.3, -0.25) is 33.9 Å². The zero-order valence-electron chi connectivity index (χ0n) is 26.6. The molecule has 2 aliphatic rings. The van der Waals surface area contributed by atoms with E-state index in [-0.39, 0.29) is 36.6 Å². The number of nitrogens with two attached hydrogens (primary N) is 1. The van der Waals surface area contributed by atoms with Crippen molar-refractivity contribution in [3.8, 4) is 0 Å². The summed E-state index contributed by atoms with van der Waals surface area (Å²) in [6.07, 6.45) is 11.1. The Morgan fingerprint density at radius 1 is 1.13 bits per heavy atom. The number of carbonyl (C=O) groups excluding carboxylic acids is 5. The summed E-state index contributed by atoms with van der Waals surface area (Å²) in [5.41, 5.74) is 4.99. The maximum absolute atomic E-state index is 14.4. The zero-order chi connectivity index (χ0) is 33.9. The average Bonchev–Trinajstić information content (AvgIpc) is 3.72. The number of aliphatic hydroxyl groups is 1. The number of Topliss-reactive ketones (excluding diaryl/α,β-unsaturated/α-hetero) is 1. The number of hydrogen-bond acceptors (Lipinski definition) is 10. The molecule has 0 aromatic carbocycles. The molecule has 4 amide bonds. The molecule has 15 nitrogen and oxygen atoms in total. The lowest BCUT2D eigenvalue weighted by molar-refractivity contribution is -0.139. The van der Waals surface area contributed by atoms with E-state index in [0.717, 1.165) is 32.1 Å². The van der Waals surface area contributed by atoms with Gasteiger partial charge in [0.2, 0.25) is 11.7 Å². The number of hydrogen-bond donors (Lipinski definition) is 3. The van der Waals surface area contributed by atoms with Gasteiger partial charge in [-0.2, -0.15) is 0 Å². The number of pyridine rings is 2. The first-order valence-corrected chi connectivity index (χ1v) is 15.7. The molecule has 15 heteroatoms. The van der Waals surface area contributed by atoms with Gasteiger partial charge < -0.3 is 21.1 Å². The third kappa shape index (κ3) is 7.56. The highest BCUT2D eigenvalue weighted by Gasteiger charge is 2.44. The highest BCUT2D eigenvalue weighted by atomic mass is 16.3. The zero-order valence-corrected chi connectivity index (χ0v) is 26.6. The first kappa shape index (κ1) is 33.4. The van der Waals surface area contributed by atoms with Crippen molar-refractivity contribution in [2.75, 3.05) is 6.54 Å². The van der Waals surface area contributed by atoms with Gasteiger partial charge in [0, 0.05) is 30.7 Å². The van der Waals surface area contributed by atoms with Gasteiger partial charge in [-0.1, -0.05) is 37.3 Å². The summed E-state index contributed by atoms with van der Waals surface area (Å²) >= 11 is 0. The van der Waals surface area contributed by atoms with E-state index in [2.05, 4.69) is 30.6 Å². The lowest BCUT2D eigenvalue weighted by Gasteiger charge is -2.27. The molecule has 0 bridgehead atoms. The predicted molar refractivity (Wildman–Crippen MR) is 169 cm³/mol. The third-order valence-electron chi connectivity index (χ3n) is 8.81. The topological polar surface area (TPSA) is 216 Å². The Labute approximate surface area is 271 Å². The monoisotopic (exact) mass is 645 g/mol. The van der Waals surface area contributed by atoms with Gasteiger partial charge in [0.25, 0.3) is 17.7 Å². The molecule has 1 saturated carbocycles. The number of rotatable bonds is 10. The molecule has 3 aromatic rings. The van der Waals surface area contributed by atoms with Crippen molar-refractivity contribution in [3.05, 3.63) is 48.2 Å². The lowest BCUT2D eigenvalue weighted by Crippen LogP contribution is -2.52. The number of amides is 4. The molecule has 4 heterocycles. The van der Waals surface area contributed by atoms with Crippen LogP contribution in [0.4, 0.5) is 0 Å². The second-order valence-electron chi connectivity index (χ2n) is 12.8. The SMILES string of the molecule is CC(NC(=O)[C@@H]1C[C@H](n2nncc2C(C)(C)O)CN1C(=O)C(CC1CCCCC1)=NC(=O)c1cnc2cnccc2c1)C(=O)C(N)=O. The van der Waals surface area contributed by atoms with Crippen molar-refractivity contribution >= 4 is 46.0 Å². The Morgan fingerprint density at radius 2 is 1.87 bits per heavy atom. The fourth-order valence-electron chi connectivity index (χ4n) is 6.29. The van der Waals surface area contributed by atoms with E-state index in [1.807, 2.05) is 0 Å². The van der Waals surface area contributed by atoms with Crippen LogP contribution in [0.2, 0.25) is 0 Å². The number of likely N-dealkylation sites (tertiary alicyclic amines) is 1. The second-order valence-corrected chi connectivity index (χ2v) is 12.8. The quantitative estimate of drug-likeness (QED) is 0.213. The lowest BCUT2D eigenvalue weighted by atomic mass is 9.85. The molecule has 1 unspecified atom stereocenters. The van der Waals surface area contributed by atoms with Crippen LogP contribution < -0.4 is 11.1 Å². The van der Waals surface area contributed by atoms with E-state index in [4.69, 9.17) is 5.73 Å². The molecule has 4 N–H and O–H groups in total. The van der Waals surface area contributed by atoms with E-state index in [1.54, 1.807) is 38.4 Å². The minimum absolute atomic E-state index is 0.0118. The summed E-state index contributed by atoms with van der Waals surface area (Å²) < 4.78 is 1.48. The summed E-state index contributed by atoms with van der Waals surface area (Å²) in [6.45, 7) is 4.44. The van der Waals surface area contributed by atoms with Gasteiger partial charge in [-0.25, -0.2) is 9.67 Å². The maximum atomic E-state index is 14.4. The van der Waals surface area contributed by atoms with Crippen LogP contribution in [0.25, 0.3) is 10.9 Å². The van der Waals surface area contributed by atoms with Crippen molar-refractivity contribution in [1.82, 2.24) is 35.2 Å². The van der Waals surface area contributed by atoms with Gasteiger partial charge in [-0.05, 0) is 45.2 Å². The van der Waals surface area contributed by atoms with Crippen molar-refractivity contribution < 1.29 is 29.1 Å². The van der Waals surface area contributed by atoms with E-state index < -0.39 is 53.1 Å². The molecule has 0 radical (unpaired) electrons. The van der Waals surface area contributed by atoms with E-state index in [0.29, 0.717) is 16.6 Å². The Hall–Kier alpha value is -4.92. The molecule has 3 aromatic heterocycles. The molecular weight excluding hydrogens is 606 g/mol. The van der Waals surface area contributed by atoms with Gasteiger partial charge in [-0.15, -0.1) is 5.10 Å². The first-order chi connectivity index (χ1) is 22.3. The summed E-state index contributed by atoms with van der Waals surface area (Å²) in [6, 6.07) is 0.407. The normalized spacial score (nSPS) is 19.8. The Bertz CT molecular complexity index is 1720. The van der Waals surface area contributed by atoms with Crippen LogP contribution in [0.3, 0.4) is 0 Å². The molecule has 248 valence electrons. The fraction of sp³-hybridized carbons (Fsp3) is 0.500. The number of ketones is 1. The number of fused-ring (bicyclic) bond motifs is 1. The largest absolute Gasteiger partial charge is 0.384 e. The number of nitrogens with one attached hydrogen (secondary N) is 1. The van der Waals surface area contributed by atoms with Gasteiger partial charge in [0.15, 0.2) is 0 Å². The summed E-state index contributed by atoms with van der Waals surface area (Å²) in [5, 5.41) is 22.0. The highest BCUT2D eigenvalue weighted by molar-refractivity contribution is 6.41. The number of aromatic nitrogens is 5. The number of nitrogens with zero attached hydrogens (tertiary/aromatic N) is 7. The van der Waals surface area contributed by atoms with E-state index in [9.17, 15) is 29.1 Å². The van der Waals surface area contributed by atoms with E-state index >= 15 is 0 Å². The standard InChI is InChI=1S/C32H39N9O6/c1-18(27(42)28(33)43)37-30(45)25-13-22(41-26(16-36-39-41)32(2,3)47)17-40(25)31(46)23(11-19-7-5-4-6-8-19)38-29(44)21-12-20-9-10-34-15-24(20)35-14-21/h9-10,12,14-16,18-19,22,25,47H,4-8,11,13,17H2,1-3H3,(H2,33,43)(H,37,45)/t18?,22-,25-/m0/s1. The molecule has 1 aliphatic carbocycles.